The minimum absolute atomic E-state index is 0.302. The fraction of sp³-hybridized carbons (Fsp3) is 0.560. The number of unbranched alkanes of at least 4 members (excludes halogenated alkanes) is 5. The van der Waals surface area contributed by atoms with Crippen LogP contribution in [-0.2, 0) is 6.42 Å². The lowest BCUT2D eigenvalue weighted by molar-refractivity contribution is 0.290. The second-order valence-corrected chi connectivity index (χ2v) is 7.71. The van der Waals surface area contributed by atoms with E-state index in [-0.39, 0.29) is 5.82 Å². The summed E-state index contributed by atoms with van der Waals surface area (Å²) in [7, 11) is 0. The average Bonchev–Trinajstić information content (AvgIpc) is 2.74. The molecule has 0 saturated heterocycles. The fourth-order valence-corrected chi connectivity index (χ4v) is 3.32. The van der Waals surface area contributed by atoms with Gasteiger partial charge in [0.1, 0.15) is 0 Å². The summed E-state index contributed by atoms with van der Waals surface area (Å²) in [5, 5.41) is 0. The third kappa shape index (κ3) is 8.51. The van der Waals surface area contributed by atoms with E-state index in [9.17, 15) is 8.78 Å². The van der Waals surface area contributed by atoms with Crippen LogP contribution >= 0.6 is 0 Å². The molecule has 0 radical (unpaired) electrons. The zero-order valence-corrected chi connectivity index (χ0v) is 17.9. The molecule has 2 aromatic rings. The monoisotopic (exact) mass is 403 g/mol. The molecule has 160 valence electrons. The van der Waals surface area contributed by atoms with Crippen molar-refractivity contribution in [2.45, 2.75) is 84.2 Å². The summed E-state index contributed by atoms with van der Waals surface area (Å²) in [6.45, 7) is 4.62. The van der Waals surface area contributed by atoms with Crippen LogP contribution < -0.4 is 4.74 Å². The Morgan fingerprint density at radius 3 is 2.45 bits per heavy atom. The average molecular weight is 404 g/mol. The number of alkyl halides is 1. The Hall–Kier alpha value is -1.97. The number of hydrogen-bond donors (Lipinski definition) is 0. The molecule has 0 fully saturated rings. The van der Waals surface area contributed by atoms with Crippen molar-refractivity contribution in [3.05, 3.63) is 47.9 Å². The maximum absolute atomic E-state index is 14.4. The quantitative estimate of drug-likeness (QED) is 0.302. The molecule has 2 rings (SSSR count). The minimum Gasteiger partial charge on any atom is -0.491 e. The van der Waals surface area contributed by atoms with Crippen molar-refractivity contribution in [1.29, 1.82) is 0 Å². The van der Waals surface area contributed by atoms with Gasteiger partial charge in [0.2, 0.25) is 0 Å². The van der Waals surface area contributed by atoms with Gasteiger partial charge in [-0.3, -0.25) is 4.98 Å². The van der Waals surface area contributed by atoms with Gasteiger partial charge >= 0.3 is 0 Å². The van der Waals surface area contributed by atoms with Gasteiger partial charge in [0, 0.05) is 11.8 Å². The highest BCUT2D eigenvalue weighted by atomic mass is 19.1. The molecule has 0 amide bonds. The number of halogens is 2. The highest BCUT2D eigenvalue weighted by molar-refractivity contribution is 5.60. The number of benzene rings is 1. The van der Waals surface area contributed by atoms with Crippen LogP contribution in [0.15, 0.2) is 36.5 Å². The van der Waals surface area contributed by atoms with E-state index in [4.69, 9.17) is 4.74 Å². The fourth-order valence-electron chi connectivity index (χ4n) is 3.32. The lowest BCUT2D eigenvalue weighted by atomic mass is 10.1. The summed E-state index contributed by atoms with van der Waals surface area (Å²) in [6.07, 6.45) is 11.0. The van der Waals surface area contributed by atoms with Gasteiger partial charge in [-0.2, -0.15) is 0 Å². The third-order valence-electron chi connectivity index (χ3n) is 5.23. The van der Waals surface area contributed by atoms with Crippen molar-refractivity contribution in [3.8, 4) is 17.0 Å². The third-order valence-corrected chi connectivity index (χ3v) is 5.23. The minimum atomic E-state index is -0.716. The summed E-state index contributed by atoms with van der Waals surface area (Å²) in [5.41, 5.74) is 2.54. The molecule has 0 saturated carbocycles. The second kappa shape index (κ2) is 13.3. The molecule has 1 atom stereocenters. The smallest absolute Gasteiger partial charge is 0.165 e. The van der Waals surface area contributed by atoms with Gasteiger partial charge in [0.05, 0.1) is 18.5 Å². The first-order valence-corrected chi connectivity index (χ1v) is 11.2. The molecule has 29 heavy (non-hydrogen) atoms. The Morgan fingerprint density at radius 1 is 0.966 bits per heavy atom. The van der Waals surface area contributed by atoms with Crippen LogP contribution in [0.3, 0.4) is 0 Å². The van der Waals surface area contributed by atoms with Gasteiger partial charge in [0.25, 0.3) is 0 Å². The summed E-state index contributed by atoms with van der Waals surface area (Å²) < 4.78 is 33.3. The first kappa shape index (κ1) is 23.3. The Morgan fingerprint density at radius 2 is 1.76 bits per heavy atom. The highest BCUT2D eigenvalue weighted by Gasteiger charge is 2.08. The molecule has 0 aliphatic carbocycles. The van der Waals surface area contributed by atoms with Gasteiger partial charge in [-0.15, -0.1) is 0 Å². The van der Waals surface area contributed by atoms with Crippen LogP contribution in [0.2, 0.25) is 0 Å². The van der Waals surface area contributed by atoms with Crippen molar-refractivity contribution in [2.24, 2.45) is 0 Å². The Kier molecular flexibility index (Phi) is 10.7. The number of ether oxygens (including phenoxy) is 1. The number of aromatic nitrogens is 1. The van der Waals surface area contributed by atoms with E-state index in [0.29, 0.717) is 25.2 Å². The first-order valence-electron chi connectivity index (χ1n) is 11.2. The van der Waals surface area contributed by atoms with Crippen molar-refractivity contribution >= 4 is 0 Å². The molecule has 0 spiro atoms. The molecule has 1 aromatic carbocycles. The van der Waals surface area contributed by atoms with Crippen LogP contribution in [0.4, 0.5) is 8.78 Å². The summed E-state index contributed by atoms with van der Waals surface area (Å²) in [4.78, 5) is 4.45. The predicted octanol–water partition coefficient (Wildman–Crippen LogP) is 7.70. The molecule has 4 heteroatoms. The van der Waals surface area contributed by atoms with Crippen LogP contribution in [0.1, 0.15) is 77.2 Å². The van der Waals surface area contributed by atoms with Gasteiger partial charge in [-0.1, -0.05) is 52.0 Å². The number of hydrogen-bond acceptors (Lipinski definition) is 2. The van der Waals surface area contributed by atoms with Crippen LogP contribution in [0, 0.1) is 5.82 Å². The molecule has 0 N–H and O–H groups in total. The zero-order valence-electron chi connectivity index (χ0n) is 17.9. The molecular weight excluding hydrogens is 368 g/mol. The SMILES string of the molecule is CCCCCCCCOc1ccc(-c2ccc(CCCC(F)CC)cn2)cc1F. The van der Waals surface area contributed by atoms with Gasteiger partial charge in [-0.25, -0.2) is 8.78 Å². The van der Waals surface area contributed by atoms with Crippen LogP contribution in [-0.4, -0.2) is 17.8 Å². The van der Waals surface area contributed by atoms with Gasteiger partial charge < -0.3 is 4.74 Å². The van der Waals surface area contributed by atoms with E-state index in [0.717, 1.165) is 42.5 Å². The summed E-state index contributed by atoms with van der Waals surface area (Å²) >= 11 is 0. The molecule has 0 aliphatic rings. The second-order valence-electron chi connectivity index (χ2n) is 7.71. The van der Waals surface area contributed by atoms with Gasteiger partial charge in [0.15, 0.2) is 11.6 Å². The largest absolute Gasteiger partial charge is 0.491 e. The highest BCUT2D eigenvalue weighted by Crippen LogP contribution is 2.25. The normalized spacial score (nSPS) is 12.1. The molecule has 2 nitrogen and oxygen atoms in total. The van der Waals surface area contributed by atoms with Crippen LogP contribution in [0.25, 0.3) is 11.3 Å². The first-order chi connectivity index (χ1) is 14.1. The van der Waals surface area contributed by atoms with E-state index in [1.54, 1.807) is 12.3 Å². The molecule has 1 unspecified atom stereocenters. The Balaban J connectivity index is 1.81. The maximum atomic E-state index is 14.4. The lowest BCUT2D eigenvalue weighted by Crippen LogP contribution is -2.00. The van der Waals surface area contributed by atoms with E-state index >= 15 is 0 Å². The van der Waals surface area contributed by atoms with Crippen molar-refractivity contribution < 1.29 is 13.5 Å². The lowest BCUT2D eigenvalue weighted by Gasteiger charge is -2.09. The number of aryl methyl sites for hydroxylation is 1. The van der Waals surface area contributed by atoms with E-state index < -0.39 is 6.17 Å². The Labute approximate surface area is 174 Å². The zero-order chi connectivity index (χ0) is 20.9. The van der Waals surface area contributed by atoms with Crippen molar-refractivity contribution in [3.63, 3.8) is 0 Å². The summed E-state index contributed by atoms with van der Waals surface area (Å²) in [6, 6.07) is 8.89. The topological polar surface area (TPSA) is 22.1 Å². The van der Waals surface area contributed by atoms with Gasteiger partial charge in [-0.05, 0) is 61.9 Å². The number of pyridine rings is 1. The molecule has 1 heterocycles. The molecular formula is C25H35F2NO. The van der Waals surface area contributed by atoms with E-state index in [2.05, 4.69) is 11.9 Å². The van der Waals surface area contributed by atoms with Crippen LogP contribution in [0.5, 0.6) is 5.75 Å². The van der Waals surface area contributed by atoms with E-state index in [1.165, 1.54) is 31.7 Å². The number of nitrogens with zero attached hydrogens (tertiary/aromatic N) is 1. The van der Waals surface area contributed by atoms with Crippen molar-refractivity contribution in [1.82, 2.24) is 4.98 Å². The molecule has 1 aromatic heterocycles. The standard InChI is InChI=1S/C25H35F2NO/c1-3-5-6-7-8-9-17-29-25-16-14-21(18-23(25)27)24-15-13-20(19-28-24)11-10-12-22(26)4-2/h13-16,18-19,22H,3-12,17H2,1-2H3. The predicted molar refractivity (Wildman–Crippen MR) is 117 cm³/mol. The van der Waals surface area contributed by atoms with E-state index in [1.807, 2.05) is 25.1 Å². The maximum Gasteiger partial charge on any atom is 0.165 e. The molecule has 0 aliphatic heterocycles. The summed E-state index contributed by atoms with van der Waals surface area (Å²) in [5.74, 6) is -0.0523. The molecule has 0 bridgehead atoms. The van der Waals surface area contributed by atoms with Crippen molar-refractivity contribution in [2.75, 3.05) is 6.61 Å². The number of rotatable bonds is 14. The Bertz CT molecular complexity index is 702.